The molecule has 0 amide bonds. The van der Waals surface area contributed by atoms with Gasteiger partial charge in [-0.1, -0.05) is 19.8 Å². The van der Waals surface area contributed by atoms with Gasteiger partial charge >= 0.3 is 25.3 Å². The highest BCUT2D eigenvalue weighted by Crippen LogP contribution is 2.41. The van der Waals surface area contributed by atoms with Crippen LogP contribution in [0, 0.1) is 5.92 Å². The Kier molecular flexibility index (Phi) is 14.4. The second kappa shape index (κ2) is 17.5. The Hall–Kier alpha value is -2.42. The molecule has 0 bridgehead atoms. The lowest BCUT2D eigenvalue weighted by atomic mass is 9.96. The summed E-state index contributed by atoms with van der Waals surface area (Å²) in [4.78, 5) is 41.3. The minimum absolute atomic E-state index is 0.113. The average molecular weight is 662 g/mol. The number of nitrogens with one attached hydrogen (secondary N) is 2. The Morgan fingerprint density at radius 3 is 1.96 bits per heavy atom. The Labute approximate surface area is 263 Å². The minimum atomic E-state index is -4.25. The molecule has 0 saturated heterocycles. The van der Waals surface area contributed by atoms with Crippen LogP contribution >= 0.6 is 7.67 Å². The van der Waals surface area contributed by atoms with Gasteiger partial charge in [-0.3, -0.25) is 18.7 Å². The summed E-state index contributed by atoms with van der Waals surface area (Å²) in [5.74, 6) is -2.44. The SMILES string of the molecule is CC[C@@H](COP(=O)(N[C@@H](C)C(=O)OC1CCCCC1)N[C@@H](C)C(=O)OC1CCCCC1)[C@@H](O)[C@@H](F)[C@@H](O)n1ccc(N)nc1=O. The first kappa shape index (κ1) is 37.0. The molecule has 2 saturated carbocycles. The van der Waals surface area contributed by atoms with Gasteiger partial charge in [0, 0.05) is 12.1 Å². The zero-order chi connectivity index (χ0) is 33.1. The number of hydrogen-bond acceptors (Lipinski definition) is 11. The maximum absolute atomic E-state index is 15.3. The summed E-state index contributed by atoms with van der Waals surface area (Å²) in [5.41, 5.74) is 4.44. The zero-order valence-corrected chi connectivity index (χ0v) is 27.2. The fourth-order valence-electron chi connectivity index (χ4n) is 5.50. The number of alkyl halides is 1. The predicted octanol–water partition coefficient (Wildman–Crippen LogP) is 2.87. The predicted molar refractivity (Wildman–Crippen MR) is 164 cm³/mol. The van der Waals surface area contributed by atoms with Crippen LogP contribution in [-0.2, 0) is 28.2 Å². The van der Waals surface area contributed by atoms with Gasteiger partial charge in [0.2, 0.25) is 0 Å². The molecule has 0 unspecified atom stereocenters. The van der Waals surface area contributed by atoms with Crippen molar-refractivity contribution in [2.75, 3.05) is 12.3 Å². The topological polar surface area (TPSA) is 204 Å². The number of hydrogen-bond donors (Lipinski definition) is 5. The van der Waals surface area contributed by atoms with Crippen molar-refractivity contribution in [2.24, 2.45) is 5.92 Å². The van der Waals surface area contributed by atoms with Gasteiger partial charge < -0.3 is 29.9 Å². The molecular weight excluding hydrogens is 612 g/mol. The summed E-state index contributed by atoms with van der Waals surface area (Å²) in [7, 11) is -4.25. The summed E-state index contributed by atoms with van der Waals surface area (Å²) in [6, 6.07) is -1.03. The molecule has 6 N–H and O–H groups in total. The number of rotatable bonds is 16. The fourth-order valence-corrected chi connectivity index (χ4v) is 7.36. The van der Waals surface area contributed by atoms with E-state index in [0.29, 0.717) is 4.57 Å². The lowest BCUT2D eigenvalue weighted by Gasteiger charge is -2.31. The third-order valence-electron chi connectivity index (χ3n) is 8.33. The first-order valence-electron chi connectivity index (χ1n) is 15.9. The van der Waals surface area contributed by atoms with Crippen molar-refractivity contribution in [1.29, 1.82) is 0 Å². The highest BCUT2D eigenvalue weighted by molar-refractivity contribution is 7.54. The number of carbonyl (C=O) groups excluding carboxylic acids is 2. The van der Waals surface area contributed by atoms with E-state index in [2.05, 4.69) is 15.2 Å². The molecule has 1 aromatic rings. The minimum Gasteiger partial charge on any atom is -0.461 e. The molecule has 0 radical (unpaired) electrons. The molecule has 0 aromatic carbocycles. The van der Waals surface area contributed by atoms with Gasteiger partial charge in [0.05, 0.1) is 12.7 Å². The second-order valence-electron chi connectivity index (χ2n) is 12.0. The summed E-state index contributed by atoms with van der Waals surface area (Å²) in [6.07, 6.45) is 3.19. The Morgan fingerprint density at radius 1 is 1.02 bits per heavy atom. The van der Waals surface area contributed by atoms with Crippen LogP contribution in [0.4, 0.5) is 10.2 Å². The maximum atomic E-state index is 15.3. The number of ether oxygens (including phenoxy) is 2. The third kappa shape index (κ3) is 11.1. The molecule has 2 aliphatic carbocycles. The van der Waals surface area contributed by atoms with Gasteiger partial charge in [-0.15, -0.1) is 0 Å². The number of halogens is 1. The zero-order valence-electron chi connectivity index (χ0n) is 26.3. The molecule has 16 heteroatoms. The van der Waals surface area contributed by atoms with E-state index < -0.39 is 68.4 Å². The van der Waals surface area contributed by atoms with Crippen molar-refractivity contribution in [3.63, 3.8) is 0 Å². The van der Waals surface area contributed by atoms with Crippen molar-refractivity contribution in [2.45, 2.75) is 134 Å². The van der Waals surface area contributed by atoms with Crippen LogP contribution in [0.2, 0.25) is 0 Å². The first-order valence-corrected chi connectivity index (χ1v) is 17.5. The fraction of sp³-hybridized carbons (Fsp3) is 0.793. The number of aliphatic hydroxyl groups is 2. The lowest BCUT2D eigenvalue weighted by Crippen LogP contribution is -2.45. The smallest absolute Gasteiger partial charge is 0.351 e. The molecule has 2 fully saturated rings. The van der Waals surface area contributed by atoms with Gasteiger partial charge in [0.1, 0.15) is 30.1 Å². The van der Waals surface area contributed by atoms with E-state index in [1.54, 1.807) is 6.92 Å². The lowest BCUT2D eigenvalue weighted by molar-refractivity contribution is -0.152. The van der Waals surface area contributed by atoms with Crippen LogP contribution in [0.15, 0.2) is 17.1 Å². The summed E-state index contributed by atoms with van der Waals surface area (Å²) < 4.78 is 46.9. The summed E-state index contributed by atoms with van der Waals surface area (Å²) in [6.45, 7) is 4.01. The number of aliphatic hydroxyl groups excluding tert-OH is 2. The maximum Gasteiger partial charge on any atom is 0.351 e. The van der Waals surface area contributed by atoms with Crippen molar-refractivity contribution in [3.05, 3.63) is 22.7 Å². The number of aromatic nitrogens is 2. The van der Waals surface area contributed by atoms with E-state index >= 15 is 4.39 Å². The molecule has 6 atom stereocenters. The molecule has 0 spiro atoms. The van der Waals surface area contributed by atoms with Crippen LogP contribution in [-0.4, -0.2) is 74.9 Å². The Morgan fingerprint density at radius 2 is 1.51 bits per heavy atom. The number of anilines is 1. The normalized spacial score (nSPS) is 20.8. The largest absolute Gasteiger partial charge is 0.461 e. The third-order valence-corrected chi connectivity index (χ3v) is 10.3. The van der Waals surface area contributed by atoms with E-state index in [-0.39, 0.29) is 24.4 Å². The van der Waals surface area contributed by atoms with Crippen LogP contribution < -0.4 is 21.6 Å². The second-order valence-corrected chi connectivity index (χ2v) is 13.9. The van der Waals surface area contributed by atoms with Gasteiger partial charge in [-0.25, -0.2) is 19.4 Å². The number of nitrogens with two attached hydrogens (primary N) is 1. The van der Waals surface area contributed by atoms with E-state index in [1.165, 1.54) is 19.9 Å². The number of esters is 2. The molecule has 0 aliphatic heterocycles. The van der Waals surface area contributed by atoms with E-state index in [0.717, 1.165) is 70.4 Å². The monoisotopic (exact) mass is 661 g/mol. The van der Waals surface area contributed by atoms with E-state index in [9.17, 15) is 29.2 Å². The number of carbonyl (C=O) groups is 2. The molecule has 3 rings (SSSR count). The van der Waals surface area contributed by atoms with Crippen LogP contribution in [0.25, 0.3) is 0 Å². The van der Waals surface area contributed by atoms with Gasteiger partial charge in [0.15, 0.2) is 12.4 Å². The van der Waals surface area contributed by atoms with Crippen molar-refractivity contribution < 1.29 is 42.8 Å². The van der Waals surface area contributed by atoms with Crippen LogP contribution in [0.1, 0.15) is 97.6 Å². The quantitative estimate of drug-likeness (QED) is 0.128. The van der Waals surface area contributed by atoms with E-state index in [1.807, 2.05) is 0 Å². The Bertz CT molecular complexity index is 1170. The van der Waals surface area contributed by atoms with Crippen molar-refractivity contribution in [3.8, 4) is 0 Å². The number of nitrogens with zero attached hydrogens (tertiary/aromatic N) is 2. The first-order chi connectivity index (χ1) is 21.3. The molecule has 2 aliphatic rings. The van der Waals surface area contributed by atoms with Crippen molar-refractivity contribution in [1.82, 2.24) is 19.7 Å². The highest BCUT2D eigenvalue weighted by atomic mass is 31.2. The molecule has 1 heterocycles. The summed E-state index contributed by atoms with van der Waals surface area (Å²) in [5, 5.41) is 26.5. The van der Waals surface area contributed by atoms with Gasteiger partial charge in [-0.2, -0.15) is 4.98 Å². The summed E-state index contributed by atoms with van der Waals surface area (Å²) >= 11 is 0. The number of nitrogen functional groups attached to an aromatic ring is 1. The van der Waals surface area contributed by atoms with Crippen molar-refractivity contribution >= 4 is 25.4 Å². The molecule has 256 valence electrons. The standard InChI is InChI=1S/C29H49FN5O9P/c1-4-20(25(36)24(30)26(37)35-16-15-23(31)32-29(35)40)17-42-45(41,33-18(2)27(38)43-21-11-7-5-8-12-21)34-19(3)28(39)44-22-13-9-6-10-14-22/h15-16,18-22,24-26,36-37H,4-14,17H2,1-3H3,(H2,31,32,40)(H2,33,34,41)/t18-,19-,20-,24+,25+,26+/m0/s1. The van der Waals surface area contributed by atoms with Crippen LogP contribution in [0.5, 0.6) is 0 Å². The average Bonchev–Trinajstić information content (AvgIpc) is 3.01. The molecular formula is C29H49FN5O9P. The molecule has 45 heavy (non-hydrogen) atoms. The van der Waals surface area contributed by atoms with Gasteiger partial charge in [-0.05, 0) is 77.7 Å². The van der Waals surface area contributed by atoms with E-state index in [4.69, 9.17) is 19.7 Å². The molecule has 14 nitrogen and oxygen atoms in total. The Balaban J connectivity index is 1.71. The highest BCUT2D eigenvalue weighted by Gasteiger charge is 2.38. The van der Waals surface area contributed by atoms with Gasteiger partial charge in [0.25, 0.3) is 0 Å². The molecule has 1 aromatic heterocycles. The van der Waals surface area contributed by atoms with Crippen LogP contribution in [0.3, 0.4) is 0 Å².